The molecule has 124 valence electrons. The van der Waals surface area contributed by atoms with Crippen LogP contribution in [0.4, 0.5) is 0 Å². The van der Waals surface area contributed by atoms with Crippen molar-refractivity contribution in [3.63, 3.8) is 0 Å². The molecule has 5 heteroatoms. The molecule has 2 rings (SSSR count). The molecular weight excluding hydrogens is 292 g/mol. The number of aliphatic hydroxyl groups excluding tert-OH is 1. The van der Waals surface area contributed by atoms with E-state index in [0.29, 0.717) is 11.3 Å². The smallest absolute Gasteiger partial charge is 0.261 e. The van der Waals surface area contributed by atoms with Gasteiger partial charge in [-0.2, -0.15) is 5.26 Å². The number of hydrogen-bond acceptors (Lipinski definition) is 4. The largest absolute Gasteiger partial charge is 0.479 e. The monoisotopic (exact) mass is 316 g/mol. The van der Waals surface area contributed by atoms with E-state index in [-0.39, 0.29) is 17.9 Å². The first-order chi connectivity index (χ1) is 11.0. The molecule has 1 aromatic carbocycles. The fourth-order valence-corrected chi connectivity index (χ4v) is 2.84. The van der Waals surface area contributed by atoms with Crippen LogP contribution in [-0.4, -0.2) is 29.3 Å². The molecule has 1 aromatic rings. The van der Waals surface area contributed by atoms with Crippen molar-refractivity contribution >= 4 is 5.91 Å². The highest BCUT2D eigenvalue weighted by atomic mass is 16.5. The van der Waals surface area contributed by atoms with Crippen LogP contribution in [-0.2, 0) is 4.79 Å². The first kappa shape index (κ1) is 17.3. The van der Waals surface area contributed by atoms with E-state index in [1.165, 1.54) is 0 Å². The number of benzene rings is 1. The number of nitriles is 1. The van der Waals surface area contributed by atoms with E-state index >= 15 is 0 Å². The van der Waals surface area contributed by atoms with E-state index in [2.05, 4.69) is 11.4 Å². The molecule has 0 aliphatic heterocycles. The fraction of sp³-hybridized carbons (Fsp3) is 0.556. The van der Waals surface area contributed by atoms with Crippen LogP contribution in [0.2, 0.25) is 0 Å². The minimum Gasteiger partial charge on any atom is -0.479 e. The number of para-hydroxylation sites is 1. The predicted molar refractivity (Wildman–Crippen MR) is 86.8 cm³/mol. The van der Waals surface area contributed by atoms with Gasteiger partial charge in [0.1, 0.15) is 11.8 Å². The third-order valence-electron chi connectivity index (χ3n) is 4.18. The van der Waals surface area contributed by atoms with Crippen molar-refractivity contribution in [1.29, 1.82) is 5.26 Å². The number of amides is 1. The number of carbonyl (C=O) groups is 1. The number of rotatable bonds is 5. The van der Waals surface area contributed by atoms with E-state index in [1.807, 2.05) is 13.8 Å². The summed E-state index contributed by atoms with van der Waals surface area (Å²) in [5.74, 6) is 0.120. The minimum atomic E-state index is -0.696. The molecule has 2 N–H and O–H groups in total. The summed E-state index contributed by atoms with van der Waals surface area (Å²) >= 11 is 0. The Kier molecular flexibility index (Phi) is 6.00. The van der Waals surface area contributed by atoms with Crippen molar-refractivity contribution in [3.8, 4) is 11.8 Å². The van der Waals surface area contributed by atoms with Crippen LogP contribution in [0.15, 0.2) is 24.3 Å². The predicted octanol–water partition coefficient (Wildman–Crippen LogP) is 2.38. The first-order valence-electron chi connectivity index (χ1n) is 8.17. The Balaban J connectivity index is 2.08. The standard InChI is InChI=1S/C18H24N2O3/c1-12(2)17(23-16-10-6-3-7-13(16)11-19)18(22)20-14-8-4-5-9-15(14)21/h3,6-7,10,12,14-15,17,21H,4-5,8-9H2,1-2H3,(H,20,22). The molecule has 0 spiro atoms. The molecule has 0 saturated heterocycles. The average Bonchev–Trinajstić information content (AvgIpc) is 2.54. The van der Waals surface area contributed by atoms with Gasteiger partial charge in [0.25, 0.3) is 5.91 Å². The lowest BCUT2D eigenvalue weighted by Crippen LogP contribution is -2.51. The van der Waals surface area contributed by atoms with Gasteiger partial charge in [-0.15, -0.1) is 0 Å². The summed E-state index contributed by atoms with van der Waals surface area (Å²) in [7, 11) is 0. The van der Waals surface area contributed by atoms with Gasteiger partial charge in [-0.3, -0.25) is 4.79 Å². The highest BCUT2D eigenvalue weighted by molar-refractivity contribution is 5.81. The zero-order chi connectivity index (χ0) is 16.8. The van der Waals surface area contributed by atoms with E-state index < -0.39 is 12.2 Å². The van der Waals surface area contributed by atoms with Crippen LogP contribution in [0.3, 0.4) is 0 Å². The molecule has 1 amide bonds. The number of hydrogen-bond donors (Lipinski definition) is 2. The normalized spacial score (nSPS) is 22.2. The average molecular weight is 316 g/mol. The molecule has 0 heterocycles. The lowest BCUT2D eigenvalue weighted by Gasteiger charge is -2.31. The number of aliphatic hydroxyl groups is 1. The van der Waals surface area contributed by atoms with Gasteiger partial charge in [-0.25, -0.2) is 0 Å². The zero-order valence-corrected chi connectivity index (χ0v) is 13.7. The highest BCUT2D eigenvalue weighted by Gasteiger charge is 2.30. The minimum absolute atomic E-state index is 0.0533. The van der Waals surface area contributed by atoms with Gasteiger partial charge in [-0.1, -0.05) is 38.8 Å². The zero-order valence-electron chi connectivity index (χ0n) is 13.7. The molecule has 3 atom stereocenters. The number of nitrogens with zero attached hydrogens (tertiary/aromatic N) is 1. The summed E-state index contributed by atoms with van der Waals surface area (Å²) in [6.07, 6.45) is 2.31. The molecule has 3 unspecified atom stereocenters. The molecule has 1 aliphatic carbocycles. The maximum absolute atomic E-state index is 12.6. The molecule has 5 nitrogen and oxygen atoms in total. The topological polar surface area (TPSA) is 82.3 Å². The van der Waals surface area contributed by atoms with Gasteiger partial charge >= 0.3 is 0 Å². The molecule has 0 aromatic heterocycles. The van der Waals surface area contributed by atoms with Crippen LogP contribution >= 0.6 is 0 Å². The molecule has 23 heavy (non-hydrogen) atoms. The fourth-order valence-electron chi connectivity index (χ4n) is 2.84. The molecule has 1 aliphatic rings. The summed E-state index contributed by atoms with van der Waals surface area (Å²) in [6, 6.07) is 8.74. The quantitative estimate of drug-likeness (QED) is 0.874. The summed E-state index contributed by atoms with van der Waals surface area (Å²) in [6.45, 7) is 3.80. The van der Waals surface area contributed by atoms with Gasteiger partial charge in [0.2, 0.25) is 0 Å². The summed E-state index contributed by atoms with van der Waals surface area (Å²) in [5.41, 5.74) is 0.406. The van der Waals surface area contributed by atoms with Crippen molar-refractivity contribution in [2.24, 2.45) is 5.92 Å². The van der Waals surface area contributed by atoms with Crippen molar-refractivity contribution in [1.82, 2.24) is 5.32 Å². The second-order valence-corrected chi connectivity index (χ2v) is 6.36. The number of carbonyl (C=O) groups excluding carboxylic acids is 1. The lowest BCUT2D eigenvalue weighted by molar-refractivity contribution is -0.131. The van der Waals surface area contributed by atoms with Crippen molar-refractivity contribution in [2.75, 3.05) is 0 Å². The van der Waals surface area contributed by atoms with Gasteiger partial charge in [0.05, 0.1) is 17.7 Å². The maximum atomic E-state index is 12.6. The Labute approximate surface area is 137 Å². The maximum Gasteiger partial charge on any atom is 0.261 e. The Morgan fingerprint density at radius 1 is 1.35 bits per heavy atom. The van der Waals surface area contributed by atoms with Gasteiger partial charge in [0.15, 0.2) is 6.10 Å². The van der Waals surface area contributed by atoms with Crippen LogP contribution in [0.1, 0.15) is 45.1 Å². The second-order valence-electron chi connectivity index (χ2n) is 6.36. The Morgan fingerprint density at radius 3 is 2.70 bits per heavy atom. The van der Waals surface area contributed by atoms with Crippen LogP contribution < -0.4 is 10.1 Å². The van der Waals surface area contributed by atoms with Gasteiger partial charge in [0, 0.05) is 0 Å². The second kappa shape index (κ2) is 7.98. The van der Waals surface area contributed by atoms with Crippen LogP contribution in [0.25, 0.3) is 0 Å². The van der Waals surface area contributed by atoms with Crippen LogP contribution in [0.5, 0.6) is 5.75 Å². The highest BCUT2D eigenvalue weighted by Crippen LogP contribution is 2.22. The third-order valence-corrected chi connectivity index (χ3v) is 4.18. The van der Waals surface area contributed by atoms with E-state index in [0.717, 1.165) is 25.7 Å². The van der Waals surface area contributed by atoms with E-state index in [1.54, 1.807) is 24.3 Å². The van der Waals surface area contributed by atoms with Gasteiger partial charge in [-0.05, 0) is 30.9 Å². The van der Waals surface area contributed by atoms with Crippen molar-refractivity contribution in [2.45, 2.75) is 57.8 Å². The Morgan fingerprint density at radius 2 is 2.04 bits per heavy atom. The Bertz CT molecular complexity index is 580. The SMILES string of the molecule is CC(C)C(Oc1ccccc1C#N)C(=O)NC1CCCCC1O. The molecule has 0 bridgehead atoms. The van der Waals surface area contributed by atoms with E-state index in [4.69, 9.17) is 10.00 Å². The molecule has 1 fully saturated rings. The van der Waals surface area contributed by atoms with Gasteiger partial charge < -0.3 is 15.2 Å². The number of ether oxygens (including phenoxy) is 1. The Hall–Kier alpha value is -2.06. The number of nitrogens with one attached hydrogen (secondary N) is 1. The first-order valence-corrected chi connectivity index (χ1v) is 8.17. The summed E-state index contributed by atoms with van der Waals surface area (Å²) < 4.78 is 5.82. The lowest BCUT2D eigenvalue weighted by atomic mass is 9.92. The summed E-state index contributed by atoms with van der Waals surface area (Å²) in [5, 5.41) is 22.1. The van der Waals surface area contributed by atoms with E-state index in [9.17, 15) is 9.90 Å². The van der Waals surface area contributed by atoms with Crippen molar-refractivity contribution in [3.05, 3.63) is 29.8 Å². The van der Waals surface area contributed by atoms with Crippen LogP contribution in [0, 0.1) is 17.2 Å². The third kappa shape index (κ3) is 4.46. The molecular formula is C18H24N2O3. The summed E-state index contributed by atoms with van der Waals surface area (Å²) in [4.78, 5) is 12.6. The molecule has 0 radical (unpaired) electrons. The molecule has 1 saturated carbocycles. The van der Waals surface area contributed by atoms with Crippen molar-refractivity contribution < 1.29 is 14.6 Å².